The van der Waals surface area contributed by atoms with E-state index < -0.39 is 0 Å². The maximum atomic E-state index is 5.55. The Kier molecular flexibility index (Phi) is 2.26. The summed E-state index contributed by atoms with van der Waals surface area (Å²) in [6.07, 6.45) is 2.99. The predicted octanol–water partition coefficient (Wildman–Crippen LogP) is 1.68. The van der Waals surface area contributed by atoms with Crippen molar-refractivity contribution in [3.05, 3.63) is 41.3 Å². The molecule has 1 aliphatic carbocycles. The van der Waals surface area contributed by atoms with Gasteiger partial charge < -0.3 is 10.7 Å². The monoisotopic (exact) mass is 213 g/mol. The van der Waals surface area contributed by atoms with Gasteiger partial charge in [-0.05, 0) is 24.9 Å². The number of hydrogen-bond donors (Lipinski definition) is 2. The van der Waals surface area contributed by atoms with Crippen LogP contribution >= 0.6 is 0 Å². The van der Waals surface area contributed by atoms with E-state index in [1.807, 2.05) is 0 Å². The molecule has 2 aromatic rings. The largest absolute Gasteiger partial charge is 0.345 e. The molecule has 1 heterocycles. The van der Waals surface area contributed by atoms with E-state index in [-0.39, 0.29) is 0 Å². The van der Waals surface area contributed by atoms with Crippen molar-refractivity contribution in [2.24, 2.45) is 5.73 Å². The van der Waals surface area contributed by atoms with E-state index in [0.29, 0.717) is 6.54 Å². The normalized spacial score (nSPS) is 13.3. The van der Waals surface area contributed by atoms with Crippen molar-refractivity contribution in [2.75, 3.05) is 6.54 Å². The van der Waals surface area contributed by atoms with Crippen molar-refractivity contribution in [3.63, 3.8) is 0 Å². The van der Waals surface area contributed by atoms with Crippen molar-refractivity contribution in [1.29, 1.82) is 0 Å². The Hall–Kier alpha value is -1.61. The minimum Gasteiger partial charge on any atom is -0.345 e. The summed E-state index contributed by atoms with van der Waals surface area (Å²) < 4.78 is 0. The second-order valence-electron chi connectivity index (χ2n) is 4.21. The third kappa shape index (κ3) is 1.44. The van der Waals surface area contributed by atoms with Gasteiger partial charge in [-0.2, -0.15) is 0 Å². The Morgan fingerprint density at radius 3 is 3.00 bits per heavy atom. The Balaban J connectivity index is 2.09. The molecule has 3 heteroatoms. The molecular weight excluding hydrogens is 198 g/mol. The van der Waals surface area contributed by atoms with Gasteiger partial charge >= 0.3 is 0 Å². The van der Waals surface area contributed by atoms with Crippen LogP contribution in [-0.2, 0) is 19.3 Å². The van der Waals surface area contributed by atoms with Crippen LogP contribution in [0, 0.1) is 0 Å². The highest BCUT2D eigenvalue weighted by molar-refractivity contribution is 5.68. The topological polar surface area (TPSA) is 54.7 Å². The first-order chi connectivity index (χ1) is 7.88. The molecule has 0 radical (unpaired) electrons. The SMILES string of the molecule is NCCc1nc2c([nH]1)CCc1ccccc1-2. The molecule has 82 valence electrons. The number of aromatic amines is 1. The maximum Gasteiger partial charge on any atom is 0.108 e. The highest BCUT2D eigenvalue weighted by Gasteiger charge is 2.19. The van der Waals surface area contributed by atoms with E-state index in [4.69, 9.17) is 5.73 Å². The van der Waals surface area contributed by atoms with Gasteiger partial charge in [0, 0.05) is 17.7 Å². The van der Waals surface area contributed by atoms with Crippen LogP contribution in [-0.4, -0.2) is 16.5 Å². The molecule has 0 fully saturated rings. The van der Waals surface area contributed by atoms with Crippen LogP contribution in [0.1, 0.15) is 17.1 Å². The fraction of sp³-hybridized carbons (Fsp3) is 0.308. The lowest BCUT2D eigenvalue weighted by atomic mass is 9.93. The second kappa shape index (κ2) is 3.76. The lowest BCUT2D eigenvalue weighted by molar-refractivity contribution is 0.869. The van der Waals surface area contributed by atoms with Crippen LogP contribution in [0.5, 0.6) is 0 Å². The second-order valence-corrected chi connectivity index (χ2v) is 4.21. The molecule has 1 aromatic heterocycles. The third-order valence-electron chi connectivity index (χ3n) is 3.13. The summed E-state index contributed by atoms with van der Waals surface area (Å²) in [7, 11) is 0. The predicted molar refractivity (Wildman–Crippen MR) is 64.2 cm³/mol. The number of imidazole rings is 1. The van der Waals surface area contributed by atoms with Crippen LogP contribution in [0.3, 0.4) is 0 Å². The van der Waals surface area contributed by atoms with Gasteiger partial charge in [0.1, 0.15) is 5.82 Å². The van der Waals surface area contributed by atoms with Crippen molar-refractivity contribution in [2.45, 2.75) is 19.3 Å². The Morgan fingerprint density at radius 1 is 1.25 bits per heavy atom. The fourth-order valence-electron chi connectivity index (χ4n) is 2.35. The number of rotatable bonds is 2. The number of nitrogens with zero attached hydrogens (tertiary/aromatic N) is 1. The van der Waals surface area contributed by atoms with Crippen LogP contribution < -0.4 is 5.73 Å². The molecule has 0 bridgehead atoms. The molecule has 3 nitrogen and oxygen atoms in total. The Bertz CT molecular complexity index is 514. The van der Waals surface area contributed by atoms with E-state index in [1.165, 1.54) is 16.8 Å². The molecule has 3 rings (SSSR count). The first-order valence-electron chi connectivity index (χ1n) is 5.74. The van der Waals surface area contributed by atoms with Gasteiger partial charge in [-0.15, -0.1) is 0 Å². The average Bonchev–Trinajstić information content (AvgIpc) is 2.72. The summed E-state index contributed by atoms with van der Waals surface area (Å²) in [6.45, 7) is 0.647. The minimum atomic E-state index is 0.647. The van der Waals surface area contributed by atoms with Gasteiger partial charge in [0.2, 0.25) is 0 Å². The highest BCUT2D eigenvalue weighted by Crippen LogP contribution is 2.31. The van der Waals surface area contributed by atoms with E-state index in [2.05, 4.69) is 34.2 Å². The summed E-state index contributed by atoms with van der Waals surface area (Å²) >= 11 is 0. The highest BCUT2D eigenvalue weighted by atomic mass is 14.9. The molecule has 1 aliphatic rings. The van der Waals surface area contributed by atoms with Gasteiger partial charge in [0.15, 0.2) is 0 Å². The smallest absolute Gasteiger partial charge is 0.108 e. The fourth-order valence-corrected chi connectivity index (χ4v) is 2.35. The molecule has 1 aromatic carbocycles. The zero-order chi connectivity index (χ0) is 11.0. The van der Waals surface area contributed by atoms with E-state index in [1.54, 1.807) is 0 Å². The number of fused-ring (bicyclic) bond motifs is 3. The van der Waals surface area contributed by atoms with Crippen molar-refractivity contribution >= 4 is 0 Å². The summed E-state index contributed by atoms with van der Waals surface area (Å²) in [5, 5.41) is 0. The molecule has 0 amide bonds. The molecule has 0 saturated heterocycles. The zero-order valence-electron chi connectivity index (χ0n) is 9.16. The number of benzene rings is 1. The number of H-pyrrole nitrogens is 1. The van der Waals surface area contributed by atoms with E-state index >= 15 is 0 Å². The molecule has 0 unspecified atom stereocenters. The zero-order valence-corrected chi connectivity index (χ0v) is 9.16. The van der Waals surface area contributed by atoms with Crippen LogP contribution in [0.15, 0.2) is 24.3 Å². The third-order valence-corrected chi connectivity index (χ3v) is 3.13. The van der Waals surface area contributed by atoms with Gasteiger partial charge in [-0.3, -0.25) is 0 Å². The van der Waals surface area contributed by atoms with E-state index in [9.17, 15) is 0 Å². The van der Waals surface area contributed by atoms with Gasteiger partial charge in [-0.25, -0.2) is 4.98 Å². The van der Waals surface area contributed by atoms with Gasteiger partial charge in [0.05, 0.1) is 5.69 Å². The first kappa shape index (κ1) is 9.60. The summed E-state index contributed by atoms with van der Waals surface area (Å²) in [4.78, 5) is 8.03. The lowest BCUT2D eigenvalue weighted by Gasteiger charge is -2.14. The average molecular weight is 213 g/mol. The Morgan fingerprint density at radius 2 is 2.12 bits per heavy atom. The molecule has 0 aliphatic heterocycles. The quantitative estimate of drug-likeness (QED) is 0.797. The van der Waals surface area contributed by atoms with E-state index in [0.717, 1.165) is 30.8 Å². The van der Waals surface area contributed by atoms with Crippen LogP contribution in [0.2, 0.25) is 0 Å². The van der Waals surface area contributed by atoms with Crippen molar-refractivity contribution < 1.29 is 0 Å². The maximum absolute atomic E-state index is 5.55. The summed E-state index contributed by atoms with van der Waals surface area (Å²) in [5.74, 6) is 1.02. The number of hydrogen-bond acceptors (Lipinski definition) is 2. The number of aryl methyl sites for hydroxylation is 2. The summed E-state index contributed by atoms with van der Waals surface area (Å²) in [5.41, 5.74) is 10.6. The van der Waals surface area contributed by atoms with Crippen LogP contribution in [0.25, 0.3) is 11.3 Å². The number of nitrogens with one attached hydrogen (secondary N) is 1. The molecule has 16 heavy (non-hydrogen) atoms. The first-order valence-corrected chi connectivity index (χ1v) is 5.74. The minimum absolute atomic E-state index is 0.647. The van der Waals surface area contributed by atoms with Crippen LogP contribution in [0.4, 0.5) is 0 Å². The number of aromatic nitrogens is 2. The molecule has 0 spiro atoms. The standard InChI is InChI=1S/C13H15N3/c14-8-7-12-15-11-6-5-9-3-1-2-4-10(9)13(11)16-12/h1-4H,5-8,14H2,(H,15,16). The molecule has 0 atom stereocenters. The van der Waals surface area contributed by atoms with Crippen molar-refractivity contribution in [1.82, 2.24) is 9.97 Å². The lowest BCUT2D eigenvalue weighted by Crippen LogP contribution is -2.04. The molecule has 3 N–H and O–H groups in total. The van der Waals surface area contributed by atoms with Crippen molar-refractivity contribution in [3.8, 4) is 11.3 Å². The number of nitrogens with two attached hydrogens (primary N) is 1. The summed E-state index contributed by atoms with van der Waals surface area (Å²) in [6, 6.07) is 8.51. The molecule has 0 saturated carbocycles. The van der Waals surface area contributed by atoms with Gasteiger partial charge in [-0.1, -0.05) is 24.3 Å². The Labute approximate surface area is 94.7 Å². The van der Waals surface area contributed by atoms with Gasteiger partial charge in [0.25, 0.3) is 0 Å². The molecular formula is C13H15N3.